The highest BCUT2D eigenvalue weighted by atomic mass is 32.2. The summed E-state index contributed by atoms with van der Waals surface area (Å²) in [6, 6.07) is 15.5. The molecular weight excluding hydrogens is 410 g/mol. The number of rotatable bonds is 8. The fourth-order valence-electron chi connectivity index (χ4n) is 3.61. The largest absolute Gasteiger partial charge is 0.340 e. The number of carbonyl (C=O) groups excluding carboxylic acids is 1. The molecule has 0 radical (unpaired) electrons. The van der Waals surface area contributed by atoms with Crippen molar-refractivity contribution in [1.82, 2.24) is 14.5 Å². The van der Waals surface area contributed by atoms with E-state index < -0.39 is 10.0 Å². The summed E-state index contributed by atoms with van der Waals surface area (Å²) < 4.78 is 27.7. The van der Waals surface area contributed by atoms with Crippen molar-refractivity contribution in [2.75, 3.05) is 39.3 Å². The van der Waals surface area contributed by atoms with E-state index in [1.807, 2.05) is 36.1 Å². The van der Waals surface area contributed by atoms with Gasteiger partial charge in [0.25, 0.3) is 0 Å². The molecular formula is C24H31N3O3S. The number of hydrogen-bond acceptors (Lipinski definition) is 4. The second-order valence-electron chi connectivity index (χ2n) is 7.91. The first-order valence-electron chi connectivity index (χ1n) is 10.6. The Labute approximate surface area is 185 Å². The van der Waals surface area contributed by atoms with Crippen molar-refractivity contribution in [3.05, 3.63) is 71.3 Å². The van der Waals surface area contributed by atoms with Crippen molar-refractivity contribution in [2.45, 2.75) is 25.2 Å². The maximum absolute atomic E-state index is 12.6. The molecule has 3 rings (SSSR count). The minimum absolute atomic E-state index is 0.0110. The molecule has 1 aliphatic rings. The van der Waals surface area contributed by atoms with Gasteiger partial charge < -0.3 is 4.90 Å². The Morgan fingerprint density at radius 2 is 1.74 bits per heavy atom. The zero-order valence-electron chi connectivity index (χ0n) is 18.3. The number of nitrogens with one attached hydrogen (secondary N) is 1. The normalized spacial score (nSPS) is 15.5. The summed E-state index contributed by atoms with van der Waals surface area (Å²) in [5.74, 6) is -0.0110. The maximum Gasteiger partial charge on any atom is 0.240 e. The topological polar surface area (TPSA) is 69.7 Å². The van der Waals surface area contributed by atoms with Crippen molar-refractivity contribution in [3.63, 3.8) is 0 Å². The Morgan fingerprint density at radius 1 is 1.03 bits per heavy atom. The first-order chi connectivity index (χ1) is 14.8. The molecule has 1 saturated heterocycles. The Morgan fingerprint density at radius 3 is 2.45 bits per heavy atom. The van der Waals surface area contributed by atoms with Crippen LogP contribution in [-0.4, -0.2) is 63.4 Å². The SMILES string of the molecule is Cc1ccc(C)c(S(=O)(=O)NCCC(=O)N2CCN(C/C=C/c3ccccc3)CC2)c1. The molecule has 0 aliphatic carbocycles. The summed E-state index contributed by atoms with van der Waals surface area (Å²) in [4.78, 5) is 16.9. The second-order valence-corrected chi connectivity index (χ2v) is 9.65. The van der Waals surface area contributed by atoms with Gasteiger partial charge in [-0.1, -0.05) is 54.6 Å². The number of hydrogen-bond donors (Lipinski definition) is 1. The van der Waals surface area contributed by atoms with E-state index >= 15 is 0 Å². The van der Waals surface area contributed by atoms with Crippen molar-refractivity contribution in [3.8, 4) is 0 Å². The van der Waals surface area contributed by atoms with Crippen molar-refractivity contribution >= 4 is 22.0 Å². The zero-order chi connectivity index (χ0) is 22.3. The van der Waals surface area contributed by atoms with E-state index in [1.165, 1.54) is 5.56 Å². The number of carbonyl (C=O) groups is 1. The molecule has 0 unspecified atom stereocenters. The van der Waals surface area contributed by atoms with Gasteiger partial charge in [-0.05, 0) is 36.6 Å². The smallest absolute Gasteiger partial charge is 0.240 e. The Kier molecular flexibility index (Phi) is 8.01. The Bertz CT molecular complexity index is 1010. The predicted molar refractivity (Wildman–Crippen MR) is 124 cm³/mol. The monoisotopic (exact) mass is 441 g/mol. The maximum atomic E-state index is 12.6. The molecule has 0 aromatic heterocycles. The van der Waals surface area contributed by atoms with E-state index in [-0.39, 0.29) is 23.8 Å². The van der Waals surface area contributed by atoms with Crippen LogP contribution < -0.4 is 4.72 Å². The lowest BCUT2D eigenvalue weighted by Crippen LogP contribution is -2.49. The van der Waals surface area contributed by atoms with Gasteiger partial charge in [0.05, 0.1) is 4.90 Å². The number of nitrogens with zero attached hydrogens (tertiary/aromatic N) is 2. The number of amides is 1. The van der Waals surface area contributed by atoms with E-state index in [1.54, 1.807) is 19.1 Å². The predicted octanol–water partition coefficient (Wildman–Crippen LogP) is 2.83. The second kappa shape index (κ2) is 10.7. The molecule has 2 aromatic rings. The lowest BCUT2D eigenvalue weighted by atomic mass is 10.2. The Hall–Kier alpha value is -2.48. The molecule has 1 heterocycles. The molecule has 6 nitrogen and oxygen atoms in total. The minimum Gasteiger partial charge on any atom is -0.340 e. The summed E-state index contributed by atoms with van der Waals surface area (Å²) >= 11 is 0. The fraction of sp³-hybridized carbons (Fsp3) is 0.375. The number of piperazine rings is 1. The van der Waals surface area contributed by atoms with Gasteiger partial charge >= 0.3 is 0 Å². The highest BCUT2D eigenvalue weighted by molar-refractivity contribution is 7.89. The third-order valence-corrected chi connectivity index (χ3v) is 7.07. The van der Waals surface area contributed by atoms with Crippen LogP contribution in [0.15, 0.2) is 59.5 Å². The Balaban J connectivity index is 1.41. The van der Waals surface area contributed by atoms with Crippen LogP contribution in [0.2, 0.25) is 0 Å². The summed E-state index contributed by atoms with van der Waals surface area (Å²) in [7, 11) is -3.62. The van der Waals surface area contributed by atoms with Crippen LogP contribution in [0.5, 0.6) is 0 Å². The zero-order valence-corrected chi connectivity index (χ0v) is 19.1. The molecule has 0 spiro atoms. The highest BCUT2D eigenvalue weighted by Gasteiger charge is 2.21. The van der Waals surface area contributed by atoms with Gasteiger partial charge in [0.2, 0.25) is 15.9 Å². The van der Waals surface area contributed by atoms with Crippen LogP contribution in [0.1, 0.15) is 23.1 Å². The molecule has 1 N–H and O–H groups in total. The van der Waals surface area contributed by atoms with Crippen molar-refractivity contribution in [1.29, 1.82) is 0 Å². The molecule has 1 aliphatic heterocycles. The third-order valence-electron chi connectivity index (χ3n) is 5.46. The van der Waals surface area contributed by atoms with Gasteiger partial charge in [-0.25, -0.2) is 13.1 Å². The molecule has 1 fully saturated rings. The lowest BCUT2D eigenvalue weighted by molar-refractivity contribution is -0.132. The van der Waals surface area contributed by atoms with Gasteiger partial charge in [-0.15, -0.1) is 0 Å². The standard InChI is InChI=1S/C24H31N3O3S/c1-20-10-11-21(2)23(19-20)31(29,30)25-13-12-24(28)27-17-15-26(16-18-27)14-6-9-22-7-4-3-5-8-22/h3-11,19,25H,12-18H2,1-2H3/b9-6+. The molecule has 2 aromatic carbocycles. The van der Waals surface area contributed by atoms with Gasteiger partial charge in [-0.2, -0.15) is 0 Å². The average molecular weight is 442 g/mol. The first kappa shape index (κ1) is 23.2. The van der Waals surface area contributed by atoms with Gasteiger partial charge in [0.1, 0.15) is 0 Å². The molecule has 31 heavy (non-hydrogen) atoms. The quantitative estimate of drug-likeness (QED) is 0.684. The minimum atomic E-state index is -3.62. The molecule has 7 heteroatoms. The first-order valence-corrected chi connectivity index (χ1v) is 12.1. The average Bonchev–Trinajstić information content (AvgIpc) is 2.76. The van der Waals surface area contributed by atoms with Crippen LogP contribution in [0.25, 0.3) is 6.08 Å². The summed E-state index contributed by atoms with van der Waals surface area (Å²) in [5, 5.41) is 0. The lowest BCUT2D eigenvalue weighted by Gasteiger charge is -2.34. The van der Waals surface area contributed by atoms with Crippen molar-refractivity contribution in [2.24, 2.45) is 0 Å². The van der Waals surface area contributed by atoms with Crippen molar-refractivity contribution < 1.29 is 13.2 Å². The third kappa shape index (κ3) is 6.75. The summed E-state index contributed by atoms with van der Waals surface area (Å²) in [5.41, 5.74) is 2.76. The molecule has 166 valence electrons. The number of sulfonamides is 1. The van der Waals surface area contributed by atoms with E-state index in [0.29, 0.717) is 18.7 Å². The summed E-state index contributed by atoms with van der Waals surface area (Å²) in [6.07, 6.45) is 4.42. The van der Waals surface area contributed by atoms with Gasteiger partial charge in [0.15, 0.2) is 0 Å². The van der Waals surface area contributed by atoms with Gasteiger partial charge in [-0.3, -0.25) is 9.69 Å². The van der Waals surface area contributed by atoms with Crippen LogP contribution in [0.4, 0.5) is 0 Å². The van der Waals surface area contributed by atoms with Gasteiger partial charge in [0, 0.05) is 45.7 Å². The molecule has 0 bridgehead atoms. The van der Waals surface area contributed by atoms with E-state index in [2.05, 4.69) is 33.9 Å². The summed E-state index contributed by atoms with van der Waals surface area (Å²) in [6.45, 7) is 7.57. The fourth-order valence-corrected chi connectivity index (χ4v) is 4.97. The molecule has 0 atom stereocenters. The highest BCUT2D eigenvalue weighted by Crippen LogP contribution is 2.16. The number of benzene rings is 2. The van der Waals surface area contributed by atoms with E-state index in [4.69, 9.17) is 0 Å². The number of aryl methyl sites for hydroxylation is 2. The molecule has 0 saturated carbocycles. The van der Waals surface area contributed by atoms with E-state index in [9.17, 15) is 13.2 Å². The van der Waals surface area contributed by atoms with Crippen LogP contribution in [-0.2, 0) is 14.8 Å². The van der Waals surface area contributed by atoms with Crippen LogP contribution in [0.3, 0.4) is 0 Å². The molecule has 1 amide bonds. The van der Waals surface area contributed by atoms with E-state index in [0.717, 1.165) is 25.2 Å². The van der Waals surface area contributed by atoms with Crippen LogP contribution >= 0.6 is 0 Å². The van der Waals surface area contributed by atoms with Crippen LogP contribution in [0, 0.1) is 13.8 Å².